The Morgan fingerprint density at radius 2 is 1.85 bits per heavy atom. The average Bonchev–Trinajstić information content (AvgIpc) is 3.46. The van der Waals surface area contributed by atoms with Crippen LogP contribution in [0.4, 0.5) is 14.5 Å². The molecule has 0 saturated heterocycles. The fourth-order valence-electron chi connectivity index (χ4n) is 3.40. The number of nitro benzene ring substituents is 1. The highest BCUT2D eigenvalue weighted by Crippen LogP contribution is 2.36. The van der Waals surface area contributed by atoms with Gasteiger partial charge in [0.25, 0.3) is 12.1 Å². The zero-order chi connectivity index (χ0) is 22.9. The van der Waals surface area contributed by atoms with E-state index in [1.807, 2.05) is 48.5 Å². The van der Waals surface area contributed by atoms with E-state index >= 15 is 0 Å². The second-order valence-electron chi connectivity index (χ2n) is 6.96. The van der Waals surface area contributed by atoms with Crippen molar-refractivity contribution in [2.75, 3.05) is 0 Å². The number of nitrogens with zero attached hydrogens (tertiary/aromatic N) is 6. The van der Waals surface area contributed by atoms with Crippen molar-refractivity contribution in [3.8, 4) is 5.69 Å². The van der Waals surface area contributed by atoms with E-state index in [1.165, 1.54) is 23.9 Å². The lowest BCUT2D eigenvalue weighted by Gasteiger charge is -2.17. The molecule has 0 radical (unpaired) electrons. The standard InChI is InChI=1S/C22H14F2N6O2S/c23-20(24)21-25-26-22-29(21)27-19(14-6-2-1-3-7-14)18(33-22)13-16-10-5-11-28(16)15-8-4-9-17(12-15)30(31)32/h1-13,20H. The molecule has 0 saturated carbocycles. The van der Waals surface area contributed by atoms with Crippen molar-refractivity contribution < 1.29 is 13.7 Å². The van der Waals surface area contributed by atoms with E-state index in [4.69, 9.17) is 0 Å². The highest BCUT2D eigenvalue weighted by molar-refractivity contribution is 8.04. The molecule has 164 valence electrons. The maximum absolute atomic E-state index is 13.4. The topological polar surface area (TPSA) is 91.1 Å². The molecule has 11 heteroatoms. The number of nitro groups is 1. The van der Waals surface area contributed by atoms with Crippen molar-refractivity contribution in [3.05, 3.63) is 105 Å². The zero-order valence-corrected chi connectivity index (χ0v) is 17.6. The quantitative estimate of drug-likeness (QED) is 0.295. The van der Waals surface area contributed by atoms with Gasteiger partial charge in [-0.2, -0.15) is 9.78 Å². The van der Waals surface area contributed by atoms with Crippen molar-refractivity contribution in [2.45, 2.75) is 11.6 Å². The minimum atomic E-state index is -2.82. The lowest BCUT2D eigenvalue weighted by molar-refractivity contribution is -0.384. The summed E-state index contributed by atoms with van der Waals surface area (Å²) in [6, 6.07) is 19.1. The van der Waals surface area contributed by atoms with Gasteiger partial charge in [0.15, 0.2) is 0 Å². The summed E-state index contributed by atoms with van der Waals surface area (Å²) in [5.74, 6) is -0.523. The predicted octanol–water partition coefficient (Wildman–Crippen LogP) is 5.31. The molecule has 0 N–H and O–H groups in total. The predicted molar refractivity (Wildman–Crippen MR) is 120 cm³/mol. The van der Waals surface area contributed by atoms with Gasteiger partial charge in [-0.15, -0.1) is 10.2 Å². The molecule has 4 aromatic rings. The summed E-state index contributed by atoms with van der Waals surface area (Å²) in [6.07, 6.45) is 0.815. The Bertz CT molecular complexity index is 1410. The minimum Gasteiger partial charge on any atom is -0.317 e. The van der Waals surface area contributed by atoms with Crippen LogP contribution in [0, 0.1) is 10.1 Å². The molecule has 2 aromatic heterocycles. The number of halogens is 2. The number of fused-ring (bicyclic) bond motifs is 1. The first-order valence-electron chi connectivity index (χ1n) is 9.71. The second kappa shape index (κ2) is 8.43. The van der Waals surface area contributed by atoms with E-state index in [0.717, 1.165) is 15.9 Å². The summed E-state index contributed by atoms with van der Waals surface area (Å²) in [5, 5.41) is 23.3. The molecule has 5 rings (SSSR count). The lowest BCUT2D eigenvalue weighted by Crippen LogP contribution is -2.14. The summed E-state index contributed by atoms with van der Waals surface area (Å²) in [6.45, 7) is 0. The van der Waals surface area contributed by atoms with Gasteiger partial charge < -0.3 is 4.57 Å². The first-order valence-corrected chi connectivity index (χ1v) is 10.5. The van der Waals surface area contributed by atoms with Gasteiger partial charge >= 0.3 is 0 Å². The molecule has 0 atom stereocenters. The summed E-state index contributed by atoms with van der Waals surface area (Å²) in [7, 11) is 0. The molecule has 0 bridgehead atoms. The number of thioether (sulfide) groups is 1. The molecule has 2 aromatic carbocycles. The average molecular weight is 464 g/mol. The SMILES string of the molecule is O=[N+]([O-])c1cccc(-n2cccc2C=C2Sc3nnc(C(F)F)n3N=C2c2ccccc2)c1. The monoisotopic (exact) mass is 464 g/mol. The number of allylic oxidation sites excluding steroid dienone is 1. The molecule has 0 spiro atoms. The third-order valence-electron chi connectivity index (χ3n) is 4.89. The molecule has 0 unspecified atom stereocenters. The molecule has 33 heavy (non-hydrogen) atoms. The largest absolute Gasteiger partial charge is 0.317 e. The normalized spacial score (nSPS) is 14.4. The van der Waals surface area contributed by atoms with Crippen LogP contribution in [0.3, 0.4) is 0 Å². The number of aromatic nitrogens is 4. The third kappa shape index (κ3) is 3.94. The van der Waals surface area contributed by atoms with Gasteiger partial charge in [0.1, 0.15) is 5.71 Å². The Balaban J connectivity index is 1.63. The maximum atomic E-state index is 13.4. The Labute approximate surface area is 190 Å². The number of alkyl halides is 2. The highest BCUT2D eigenvalue weighted by Gasteiger charge is 2.28. The van der Waals surface area contributed by atoms with Crippen molar-refractivity contribution >= 4 is 29.2 Å². The van der Waals surface area contributed by atoms with Gasteiger partial charge in [0.05, 0.1) is 10.6 Å². The van der Waals surface area contributed by atoms with E-state index in [2.05, 4.69) is 15.3 Å². The minimum absolute atomic E-state index is 0.0222. The maximum Gasteiger partial charge on any atom is 0.299 e. The summed E-state index contributed by atoms with van der Waals surface area (Å²) in [4.78, 5) is 11.4. The van der Waals surface area contributed by atoms with Gasteiger partial charge in [0.2, 0.25) is 11.0 Å². The summed E-state index contributed by atoms with van der Waals surface area (Å²) >= 11 is 1.17. The van der Waals surface area contributed by atoms with E-state index in [1.54, 1.807) is 22.9 Å². The van der Waals surface area contributed by atoms with Gasteiger partial charge in [-0.25, -0.2) is 8.78 Å². The van der Waals surface area contributed by atoms with E-state index < -0.39 is 17.2 Å². The molecule has 0 amide bonds. The molecule has 0 aliphatic carbocycles. The van der Waals surface area contributed by atoms with Crippen molar-refractivity contribution in [1.29, 1.82) is 0 Å². The van der Waals surface area contributed by atoms with Crippen molar-refractivity contribution in [3.63, 3.8) is 0 Å². The van der Waals surface area contributed by atoms with Crippen LogP contribution in [0.1, 0.15) is 23.5 Å². The fourth-order valence-corrected chi connectivity index (χ4v) is 4.33. The van der Waals surface area contributed by atoms with Crippen LogP contribution < -0.4 is 0 Å². The van der Waals surface area contributed by atoms with Crippen LogP contribution in [0.15, 0.2) is 88.1 Å². The molecule has 3 heterocycles. The fraction of sp³-hybridized carbons (Fsp3) is 0.0455. The number of hydrogen-bond donors (Lipinski definition) is 0. The first-order chi connectivity index (χ1) is 16.0. The smallest absolute Gasteiger partial charge is 0.299 e. The molecular formula is C22H14F2N6O2S. The van der Waals surface area contributed by atoms with Crippen molar-refractivity contribution in [2.24, 2.45) is 5.10 Å². The molecule has 0 fully saturated rings. The first kappa shape index (κ1) is 20.8. The molecule has 1 aliphatic heterocycles. The van der Waals surface area contributed by atoms with Crippen molar-refractivity contribution in [1.82, 2.24) is 19.4 Å². The summed E-state index contributed by atoms with van der Waals surface area (Å²) in [5.41, 5.74) is 2.55. The Morgan fingerprint density at radius 3 is 2.61 bits per heavy atom. The van der Waals surface area contributed by atoms with Crippen LogP contribution in [0.5, 0.6) is 0 Å². The summed E-state index contributed by atoms with van der Waals surface area (Å²) < 4.78 is 29.6. The number of benzene rings is 2. The lowest BCUT2D eigenvalue weighted by atomic mass is 10.1. The van der Waals surface area contributed by atoms with E-state index in [0.29, 0.717) is 16.3 Å². The number of non-ortho nitro benzene ring substituents is 1. The van der Waals surface area contributed by atoms with Gasteiger partial charge in [-0.1, -0.05) is 36.4 Å². The molecule has 1 aliphatic rings. The van der Waals surface area contributed by atoms with Gasteiger partial charge in [-0.05, 0) is 36.0 Å². The number of hydrogen-bond acceptors (Lipinski definition) is 6. The Kier molecular flexibility index (Phi) is 5.31. The Hall–Kier alpha value is -4.12. The third-order valence-corrected chi connectivity index (χ3v) is 5.86. The molecular weight excluding hydrogens is 450 g/mol. The number of rotatable bonds is 5. The van der Waals surface area contributed by atoms with Gasteiger partial charge in [-0.3, -0.25) is 10.1 Å². The van der Waals surface area contributed by atoms with Gasteiger partial charge in [0, 0.05) is 34.5 Å². The van der Waals surface area contributed by atoms with E-state index in [9.17, 15) is 18.9 Å². The molecule has 8 nitrogen and oxygen atoms in total. The van der Waals surface area contributed by atoms with Crippen LogP contribution in [-0.4, -0.2) is 30.1 Å². The van der Waals surface area contributed by atoms with Crippen LogP contribution in [-0.2, 0) is 0 Å². The van der Waals surface area contributed by atoms with Crippen LogP contribution in [0.2, 0.25) is 0 Å². The second-order valence-corrected chi connectivity index (χ2v) is 7.97. The van der Waals surface area contributed by atoms with E-state index in [-0.39, 0.29) is 10.8 Å². The van der Waals surface area contributed by atoms with Crippen LogP contribution in [0.25, 0.3) is 11.8 Å². The Morgan fingerprint density at radius 1 is 1.03 bits per heavy atom. The zero-order valence-electron chi connectivity index (χ0n) is 16.7. The van der Waals surface area contributed by atoms with Crippen LogP contribution >= 0.6 is 11.8 Å². The highest BCUT2D eigenvalue weighted by atomic mass is 32.2.